The standard InChI is InChI=1S/C19H22N4O2/c1-2-17-16-11-15(12-21-18(16)25-22-17)19(24)23(10-6-9-20)13-14-7-4-3-5-8-14/h3-5,7-8,11-12H,2,6,9-10,13,20H2,1H3. The van der Waals surface area contributed by atoms with Crippen molar-refractivity contribution in [3.05, 3.63) is 59.4 Å². The van der Waals surface area contributed by atoms with Crippen LogP contribution in [0.3, 0.4) is 0 Å². The molecule has 1 amide bonds. The lowest BCUT2D eigenvalue weighted by atomic mass is 10.1. The molecule has 0 fully saturated rings. The van der Waals surface area contributed by atoms with Crippen LogP contribution in [0.1, 0.15) is 35.0 Å². The summed E-state index contributed by atoms with van der Waals surface area (Å²) in [7, 11) is 0. The lowest BCUT2D eigenvalue weighted by Gasteiger charge is -2.22. The van der Waals surface area contributed by atoms with Gasteiger partial charge in [0.25, 0.3) is 11.6 Å². The first kappa shape index (κ1) is 17.1. The molecule has 25 heavy (non-hydrogen) atoms. The lowest BCUT2D eigenvalue weighted by Crippen LogP contribution is -2.32. The minimum atomic E-state index is -0.0602. The van der Waals surface area contributed by atoms with Crippen LogP contribution in [0.25, 0.3) is 11.1 Å². The maximum absolute atomic E-state index is 13.0. The Kier molecular flexibility index (Phi) is 5.40. The molecule has 0 radical (unpaired) electrons. The zero-order chi connectivity index (χ0) is 17.6. The summed E-state index contributed by atoms with van der Waals surface area (Å²) in [6.07, 6.45) is 3.03. The molecule has 0 spiro atoms. The van der Waals surface area contributed by atoms with Crippen LogP contribution >= 0.6 is 0 Å². The first-order valence-electron chi connectivity index (χ1n) is 8.50. The highest BCUT2D eigenvalue weighted by Gasteiger charge is 2.18. The van der Waals surface area contributed by atoms with Crippen molar-refractivity contribution in [3.63, 3.8) is 0 Å². The van der Waals surface area contributed by atoms with Gasteiger partial charge < -0.3 is 15.2 Å². The van der Waals surface area contributed by atoms with Crippen LogP contribution in [-0.2, 0) is 13.0 Å². The number of carbonyl (C=O) groups excluding carboxylic acids is 1. The second-order valence-electron chi connectivity index (χ2n) is 5.91. The predicted octanol–water partition coefficient (Wildman–Crippen LogP) is 2.78. The smallest absolute Gasteiger partial charge is 0.257 e. The number of rotatable bonds is 7. The van der Waals surface area contributed by atoms with E-state index in [1.54, 1.807) is 6.20 Å². The summed E-state index contributed by atoms with van der Waals surface area (Å²) in [5, 5.41) is 4.80. The molecule has 130 valence electrons. The second-order valence-corrected chi connectivity index (χ2v) is 5.91. The fourth-order valence-corrected chi connectivity index (χ4v) is 2.77. The molecule has 6 heteroatoms. The van der Waals surface area contributed by atoms with Gasteiger partial charge in [-0.25, -0.2) is 4.98 Å². The number of hydrogen-bond acceptors (Lipinski definition) is 5. The third-order valence-corrected chi connectivity index (χ3v) is 4.12. The van der Waals surface area contributed by atoms with E-state index in [-0.39, 0.29) is 5.91 Å². The van der Waals surface area contributed by atoms with Crippen LogP contribution in [0.2, 0.25) is 0 Å². The van der Waals surface area contributed by atoms with Gasteiger partial charge in [-0.15, -0.1) is 0 Å². The van der Waals surface area contributed by atoms with Gasteiger partial charge in [-0.3, -0.25) is 4.79 Å². The molecule has 1 aromatic carbocycles. The molecular formula is C19H22N4O2. The molecule has 0 aliphatic rings. The largest absolute Gasteiger partial charge is 0.336 e. The van der Waals surface area contributed by atoms with Gasteiger partial charge in [0, 0.05) is 19.3 Å². The normalized spacial score (nSPS) is 11.0. The van der Waals surface area contributed by atoms with Crippen LogP contribution < -0.4 is 5.73 Å². The summed E-state index contributed by atoms with van der Waals surface area (Å²) in [6.45, 7) is 3.69. The molecule has 0 aliphatic heterocycles. The third-order valence-electron chi connectivity index (χ3n) is 4.12. The summed E-state index contributed by atoms with van der Waals surface area (Å²) >= 11 is 0. The quantitative estimate of drug-likeness (QED) is 0.716. The summed E-state index contributed by atoms with van der Waals surface area (Å²) in [4.78, 5) is 19.1. The number of aromatic nitrogens is 2. The van der Waals surface area contributed by atoms with Crippen LogP contribution in [0, 0.1) is 0 Å². The molecule has 0 unspecified atom stereocenters. The number of pyridine rings is 1. The van der Waals surface area contributed by atoms with E-state index in [0.717, 1.165) is 29.5 Å². The van der Waals surface area contributed by atoms with Gasteiger partial charge in [-0.1, -0.05) is 42.4 Å². The molecule has 0 aliphatic carbocycles. The Morgan fingerprint density at radius 3 is 2.80 bits per heavy atom. The van der Waals surface area contributed by atoms with Gasteiger partial charge in [0.05, 0.1) is 16.6 Å². The van der Waals surface area contributed by atoms with E-state index in [4.69, 9.17) is 10.3 Å². The van der Waals surface area contributed by atoms with Crippen molar-refractivity contribution in [3.8, 4) is 0 Å². The highest BCUT2D eigenvalue weighted by molar-refractivity contribution is 5.97. The molecule has 2 heterocycles. The Labute approximate surface area is 146 Å². The zero-order valence-electron chi connectivity index (χ0n) is 14.3. The summed E-state index contributed by atoms with van der Waals surface area (Å²) in [6, 6.07) is 11.8. The van der Waals surface area contributed by atoms with E-state index in [0.29, 0.717) is 30.9 Å². The molecule has 6 nitrogen and oxygen atoms in total. The minimum absolute atomic E-state index is 0.0602. The highest BCUT2D eigenvalue weighted by Crippen LogP contribution is 2.19. The van der Waals surface area contributed by atoms with E-state index in [9.17, 15) is 4.79 Å². The molecule has 0 saturated carbocycles. The zero-order valence-corrected chi connectivity index (χ0v) is 14.3. The molecule has 3 aromatic rings. The highest BCUT2D eigenvalue weighted by atomic mass is 16.5. The molecule has 3 rings (SSSR count). The molecule has 0 bridgehead atoms. The average molecular weight is 338 g/mol. The minimum Gasteiger partial charge on any atom is -0.336 e. The fourth-order valence-electron chi connectivity index (χ4n) is 2.77. The summed E-state index contributed by atoms with van der Waals surface area (Å²) in [5.41, 5.74) is 8.54. The van der Waals surface area contributed by atoms with Crippen LogP contribution in [0.15, 0.2) is 47.1 Å². The van der Waals surface area contributed by atoms with Crippen molar-refractivity contribution in [2.45, 2.75) is 26.3 Å². The Morgan fingerprint density at radius 1 is 1.28 bits per heavy atom. The topological polar surface area (TPSA) is 85.2 Å². The first-order valence-corrected chi connectivity index (χ1v) is 8.50. The van der Waals surface area contributed by atoms with Gasteiger partial charge in [0.15, 0.2) is 0 Å². The van der Waals surface area contributed by atoms with Crippen molar-refractivity contribution in [2.75, 3.05) is 13.1 Å². The molecule has 2 aromatic heterocycles. The number of nitrogens with two attached hydrogens (primary N) is 1. The van der Waals surface area contributed by atoms with Crippen LogP contribution in [-0.4, -0.2) is 34.0 Å². The fraction of sp³-hybridized carbons (Fsp3) is 0.316. The Bertz CT molecular complexity index is 845. The third kappa shape index (κ3) is 3.85. The Hall–Kier alpha value is -2.73. The van der Waals surface area contributed by atoms with Crippen LogP contribution in [0.5, 0.6) is 0 Å². The summed E-state index contributed by atoms with van der Waals surface area (Å²) in [5.74, 6) is -0.0602. The maximum Gasteiger partial charge on any atom is 0.257 e. The number of amides is 1. The first-order chi connectivity index (χ1) is 12.2. The number of hydrogen-bond donors (Lipinski definition) is 1. The molecular weight excluding hydrogens is 316 g/mol. The summed E-state index contributed by atoms with van der Waals surface area (Å²) < 4.78 is 5.19. The van der Waals surface area contributed by atoms with E-state index in [2.05, 4.69) is 10.1 Å². The van der Waals surface area contributed by atoms with Gasteiger partial charge >= 0.3 is 0 Å². The van der Waals surface area contributed by atoms with Crippen molar-refractivity contribution < 1.29 is 9.32 Å². The van der Waals surface area contributed by atoms with Gasteiger partial charge in [-0.2, -0.15) is 0 Å². The average Bonchev–Trinajstić information content (AvgIpc) is 3.07. The molecule has 2 N–H and O–H groups in total. The number of carbonyl (C=O) groups is 1. The lowest BCUT2D eigenvalue weighted by molar-refractivity contribution is 0.0742. The van der Waals surface area contributed by atoms with Gasteiger partial charge in [0.2, 0.25) is 0 Å². The predicted molar refractivity (Wildman–Crippen MR) is 96.0 cm³/mol. The van der Waals surface area contributed by atoms with E-state index < -0.39 is 0 Å². The Balaban J connectivity index is 1.88. The maximum atomic E-state index is 13.0. The molecule has 0 atom stereocenters. The van der Waals surface area contributed by atoms with E-state index in [1.807, 2.05) is 48.2 Å². The van der Waals surface area contributed by atoms with Gasteiger partial charge in [0.1, 0.15) is 0 Å². The van der Waals surface area contributed by atoms with Crippen molar-refractivity contribution in [2.24, 2.45) is 5.73 Å². The number of benzene rings is 1. The number of fused-ring (bicyclic) bond motifs is 1. The van der Waals surface area contributed by atoms with Crippen molar-refractivity contribution in [1.82, 2.24) is 15.0 Å². The van der Waals surface area contributed by atoms with E-state index in [1.165, 1.54) is 0 Å². The van der Waals surface area contributed by atoms with Crippen molar-refractivity contribution >= 4 is 17.0 Å². The number of aryl methyl sites for hydroxylation is 1. The number of nitrogens with zero attached hydrogens (tertiary/aromatic N) is 3. The second kappa shape index (κ2) is 7.90. The van der Waals surface area contributed by atoms with E-state index >= 15 is 0 Å². The van der Waals surface area contributed by atoms with Crippen molar-refractivity contribution in [1.29, 1.82) is 0 Å². The monoisotopic (exact) mass is 338 g/mol. The SMILES string of the molecule is CCc1noc2ncc(C(=O)N(CCCN)Cc3ccccc3)cc12. The Morgan fingerprint density at radius 2 is 2.08 bits per heavy atom. The van der Waals surface area contributed by atoms with Crippen LogP contribution in [0.4, 0.5) is 0 Å². The van der Waals surface area contributed by atoms with Gasteiger partial charge in [-0.05, 0) is 31.0 Å². The molecule has 0 saturated heterocycles.